The molecule has 0 bridgehead atoms. The molecule has 0 amide bonds. The molecule has 18 rings (SSSR count). The van der Waals surface area contributed by atoms with Crippen LogP contribution >= 0.6 is 0 Å². The summed E-state index contributed by atoms with van der Waals surface area (Å²) in [5.74, 6) is 3.53. The first-order valence-electron chi connectivity index (χ1n) is 35.0. The summed E-state index contributed by atoms with van der Waals surface area (Å²) in [4.78, 5) is 31.5. The zero-order valence-electron chi connectivity index (χ0n) is 57.0. The third-order valence-electron chi connectivity index (χ3n) is 20.8. The summed E-state index contributed by atoms with van der Waals surface area (Å²) < 4.78 is 0. The predicted octanol–water partition coefficient (Wildman–Crippen LogP) is 24.3. The Morgan fingerprint density at radius 2 is 0.343 bits per heavy atom. The summed E-state index contributed by atoms with van der Waals surface area (Å²) in [5, 5.41) is 0. The summed E-state index contributed by atoms with van der Waals surface area (Å²) >= 11 is 0. The van der Waals surface area contributed by atoms with E-state index in [1.807, 2.05) is 12.1 Å². The SMILES string of the molecule is CC1(C)c2ccccc2-c2ccc(-c3cccc(-c4cccc(-c5nc(-c6ccc(-c7ccccc7)cc6)nc(-c6ccc(-c7ccc(-c8nc(-c9cccc(-c%10ccccc%10)c9)nc(-c9cccc(-c%10cccc(-c%11ccc%12c(c%11)C(C)(C)c%11ccccc%11-%12)c%10)c9)n8)cc7)cc6)n5)c4)c3)cc21. The van der Waals surface area contributed by atoms with Crippen LogP contribution in [0.15, 0.2) is 340 Å². The normalized spacial score (nSPS) is 12.9. The molecule has 0 spiro atoms. The highest BCUT2D eigenvalue weighted by atomic mass is 15.0. The maximum absolute atomic E-state index is 5.28. The lowest BCUT2D eigenvalue weighted by atomic mass is 9.81. The van der Waals surface area contributed by atoms with Crippen molar-refractivity contribution < 1.29 is 0 Å². The summed E-state index contributed by atoms with van der Waals surface area (Å²) in [6, 6.07) is 121. The summed E-state index contributed by atoms with van der Waals surface area (Å²) in [6.45, 7) is 9.35. The lowest BCUT2D eigenvalue weighted by Crippen LogP contribution is -2.14. The van der Waals surface area contributed by atoms with E-state index in [-0.39, 0.29) is 10.8 Å². The highest BCUT2D eigenvalue weighted by molar-refractivity contribution is 5.88. The van der Waals surface area contributed by atoms with Gasteiger partial charge in [-0.25, -0.2) is 29.9 Å². The molecule has 2 aromatic heterocycles. The largest absolute Gasteiger partial charge is 0.208 e. The maximum Gasteiger partial charge on any atom is 0.164 e. The molecule has 0 fully saturated rings. The second kappa shape index (κ2) is 25.1. The molecule has 0 radical (unpaired) electrons. The van der Waals surface area contributed by atoms with E-state index < -0.39 is 0 Å². The van der Waals surface area contributed by atoms with Crippen molar-refractivity contribution in [1.29, 1.82) is 0 Å². The Balaban J connectivity index is 0.659. The molecule has 6 nitrogen and oxygen atoms in total. The molecule has 0 saturated heterocycles. The van der Waals surface area contributed by atoms with Gasteiger partial charge < -0.3 is 0 Å². The van der Waals surface area contributed by atoms with Gasteiger partial charge in [-0.3, -0.25) is 0 Å². The Hall–Kier alpha value is -12.9. The molecule has 0 unspecified atom stereocenters. The lowest BCUT2D eigenvalue weighted by molar-refractivity contribution is 0.660. The van der Waals surface area contributed by atoms with Crippen LogP contribution in [-0.2, 0) is 10.8 Å². The fraction of sp³-hybridized carbons (Fsp3) is 0.0625. The predicted molar refractivity (Wildman–Crippen MR) is 419 cm³/mol. The molecule has 482 valence electrons. The monoisotopic (exact) mass is 1300 g/mol. The lowest BCUT2D eigenvalue weighted by Gasteiger charge is -2.22. The van der Waals surface area contributed by atoms with Crippen molar-refractivity contribution in [1.82, 2.24) is 29.9 Å². The van der Waals surface area contributed by atoms with Crippen LogP contribution in [0.5, 0.6) is 0 Å². The van der Waals surface area contributed by atoms with E-state index in [0.717, 1.165) is 89.0 Å². The highest BCUT2D eigenvalue weighted by Gasteiger charge is 2.37. The first kappa shape index (κ1) is 61.4. The van der Waals surface area contributed by atoms with Crippen molar-refractivity contribution in [3.8, 4) is 168 Å². The molecule has 0 N–H and O–H groups in total. The fourth-order valence-corrected chi connectivity index (χ4v) is 15.3. The molecule has 0 aliphatic heterocycles. The van der Waals surface area contributed by atoms with Gasteiger partial charge in [0.05, 0.1) is 0 Å². The fourth-order valence-electron chi connectivity index (χ4n) is 15.3. The van der Waals surface area contributed by atoms with Crippen LogP contribution in [0.3, 0.4) is 0 Å². The smallest absolute Gasteiger partial charge is 0.164 e. The van der Waals surface area contributed by atoms with Gasteiger partial charge in [-0.2, -0.15) is 0 Å². The minimum Gasteiger partial charge on any atom is -0.208 e. The minimum atomic E-state index is -0.0909. The van der Waals surface area contributed by atoms with Gasteiger partial charge in [0.25, 0.3) is 0 Å². The van der Waals surface area contributed by atoms with Crippen molar-refractivity contribution in [3.63, 3.8) is 0 Å². The van der Waals surface area contributed by atoms with Crippen LogP contribution in [0.1, 0.15) is 49.9 Å². The van der Waals surface area contributed by atoms with Crippen LogP contribution < -0.4 is 0 Å². The molecular formula is C96H68N6. The average Bonchev–Trinajstić information content (AvgIpc) is 1.58. The second-order valence-electron chi connectivity index (χ2n) is 27.8. The molecule has 2 heterocycles. The molecular weight excluding hydrogens is 1240 g/mol. The summed E-state index contributed by atoms with van der Waals surface area (Å²) in [5.41, 5.74) is 31.6. The van der Waals surface area contributed by atoms with Crippen molar-refractivity contribution in [2.45, 2.75) is 38.5 Å². The Bertz CT molecular complexity index is 5920. The van der Waals surface area contributed by atoms with Crippen molar-refractivity contribution in [2.24, 2.45) is 0 Å². The number of benzene rings is 14. The zero-order chi connectivity index (χ0) is 68.5. The number of rotatable bonds is 13. The van der Waals surface area contributed by atoms with Crippen molar-refractivity contribution in [3.05, 3.63) is 362 Å². The van der Waals surface area contributed by atoms with Gasteiger partial charge in [-0.15, -0.1) is 0 Å². The third-order valence-corrected chi connectivity index (χ3v) is 20.8. The van der Waals surface area contributed by atoms with E-state index in [1.54, 1.807) is 0 Å². The molecule has 6 heteroatoms. The van der Waals surface area contributed by atoms with E-state index in [4.69, 9.17) is 29.9 Å². The number of nitrogens with zero attached hydrogens (tertiary/aromatic N) is 6. The number of hydrogen-bond donors (Lipinski definition) is 0. The summed E-state index contributed by atoms with van der Waals surface area (Å²) in [6.07, 6.45) is 0. The summed E-state index contributed by atoms with van der Waals surface area (Å²) in [7, 11) is 0. The van der Waals surface area contributed by atoms with Crippen LogP contribution in [0, 0.1) is 0 Å². The molecule has 16 aromatic rings. The van der Waals surface area contributed by atoms with E-state index in [0.29, 0.717) is 34.9 Å². The van der Waals surface area contributed by atoms with Crippen molar-refractivity contribution in [2.75, 3.05) is 0 Å². The van der Waals surface area contributed by atoms with Gasteiger partial charge in [-0.1, -0.05) is 325 Å². The zero-order valence-corrected chi connectivity index (χ0v) is 57.0. The molecule has 102 heavy (non-hydrogen) atoms. The van der Waals surface area contributed by atoms with E-state index in [9.17, 15) is 0 Å². The van der Waals surface area contributed by atoms with Gasteiger partial charge in [0.15, 0.2) is 34.9 Å². The Morgan fingerprint density at radius 3 is 0.667 bits per heavy atom. The number of aromatic nitrogens is 6. The van der Waals surface area contributed by atoms with E-state index >= 15 is 0 Å². The van der Waals surface area contributed by atoms with Crippen molar-refractivity contribution >= 4 is 0 Å². The first-order valence-corrected chi connectivity index (χ1v) is 35.0. The molecule has 0 atom stereocenters. The second-order valence-corrected chi connectivity index (χ2v) is 27.8. The number of hydrogen-bond acceptors (Lipinski definition) is 6. The third kappa shape index (κ3) is 11.3. The van der Waals surface area contributed by atoms with Gasteiger partial charge in [-0.05, 0) is 165 Å². The quantitative estimate of drug-likeness (QED) is 0.114. The molecule has 2 aliphatic rings. The number of fused-ring (bicyclic) bond motifs is 6. The Labute approximate surface area is 595 Å². The van der Waals surface area contributed by atoms with E-state index in [1.165, 1.54) is 66.8 Å². The molecule has 0 saturated carbocycles. The van der Waals surface area contributed by atoms with Crippen LogP contribution in [0.2, 0.25) is 0 Å². The maximum atomic E-state index is 5.28. The van der Waals surface area contributed by atoms with Crippen LogP contribution in [0.25, 0.3) is 168 Å². The Kier molecular flexibility index (Phi) is 15.1. The Morgan fingerprint density at radius 1 is 0.147 bits per heavy atom. The molecule has 14 aromatic carbocycles. The topological polar surface area (TPSA) is 77.3 Å². The van der Waals surface area contributed by atoms with Gasteiger partial charge in [0.1, 0.15) is 0 Å². The van der Waals surface area contributed by atoms with E-state index in [2.05, 4.69) is 355 Å². The first-order chi connectivity index (χ1) is 50.0. The minimum absolute atomic E-state index is 0.0901. The average molecular weight is 1310 g/mol. The van der Waals surface area contributed by atoms with Crippen LogP contribution in [0.4, 0.5) is 0 Å². The van der Waals surface area contributed by atoms with Gasteiger partial charge in [0, 0.05) is 44.2 Å². The van der Waals surface area contributed by atoms with Gasteiger partial charge >= 0.3 is 0 Å². The highest BCUT2D eigenvalue weighted by Crippen LogP contribution is 2.51. The van der Waals surface area contributed by atoms with Gasteiger partial charge in [0.2, 0.25) is 0 Å². The molecule has 2 aliphatic carbocycles. The standard InChI is InChI=1S/C96H68N6/c1-95(2)85-36-13-11-34-81(85)83-52-50-76(59-87(83)95)72-27-15-25-70(54-72)74-29-18-32-79(57-74)92-98-89(66-44-38-63(39-45-66)61-20-7-5-8-21-61)97-90(99-92)67-46-40-64(41-47-67)65-42-48-68(49-43-65)91-100-93(78-31-17-24-69(56-78)62-22-9-6-10-23-62)102-94(101-91)80-33-19-30-75(58-80)71-26-16-28-73(55-71)77-51-53-84-82-35-12-14-37-86(82)96(3,4)88(84)60-77/h5-60H,1-4H3. The van der Waals surface area contributed by atoms with Crippen LogP contribution in [-0.4, -0.2) is 29.9 Å².